The summed E-state index contributed by atoms with van der Waals surface area (Å²) in [6, 6.07) is 15.4. The third-order valence-electron chi connectivity index (χ3n) is 4.52. The largest absolute Gasteiger partial charge is 0.385 e. The van der Waals surface area contributed by atoms with E-state index in [0.29, 0.717) is 0 Å². The van der Waals surface area contributed by atoms with Gasteiger partial charge < -0.3 is 16.0 Å². The van der Waals surface area contributed by atoms with Gasteiger partial charge in [0.05, 0.1) is 0 Å². The fraction of sp³-hybridized carbons (Fsp3) is 0.391. The molecule has 1 aliphatic heterocycles. The maximum atomic E-state index is 12.0. The normalized spacial score (nSPS) is 12.4. The van der Waals surface area contributed by atoms with Crippen LogP contribution in [0.25, 0.3) is 0 Å². The molecule has 5 heteroatoms. The summed E-state index contributed by atoms with van der Waals surface area (Å²) in [7, 11) is 0. The highest BCUT2D eigenvalue weighted by Crippen LogP contribution is 2.15. The molecule has 28 heavy (non-hydrogen) atoms. The number of anilines is 1. The minimum Gasteiger partial charge on any atom is -0.385 e. The molecule has 2 aromatic rings. The van der Waals surface area contributed by atoms with Crippen LogP contribution in [0.4, 0.5) is 5.69 Å². The number of carbonyl (C=O) groups is 1. The molecule has 1 heterocycles. The summed E-state index contributed by atoms with van der Waals surface area (Å²) in [5.74, 6) is 0.306. The lowest BCUT2D eigenvalue weighted by Gasteiger charge is -2.16. The second kappa shape index (κ2) is 11.8. The zero-order chi connectivity index (χ0) is 19.6. The smallest absolute Gasteiger partial charge is 0.254 e. The van der Waals surface area contributed by atoms with Crippen LogP contribution in [0.15, 0.2) is 48.5 Å². The van der Waals surface area contributed by atoms with Crippen molar-refractivity contribution in [3.8, 4) is 0 Å². The molecule has 3 rings (SSSR count). The van der Waals surface area contributed by atoms with E-state index in [0.717, 1.165) is 61.3 Å². The molecule has 2 aromatic carbocycles. The Balaban J connectivity index is 0.000000507. The number of rotatable bonds is 5. The van der Waals surface area contributed by atoms with Crippen molar-refractivity contribution in [1.82, 2.24) is 4.90 Å². The second-order valence-corrected chi connectivity index (χ2v) is 6.74. The minimum atomic E-state index is 0. The Bertz CT molecular complexity index is 773. The van der Waals surface area contributed by atoms with Crippen LogP contribution < -0.4 is 11.1 Å². The standard InChI is InChI=1S/C12H15NO.C10H15N3.CH4.H2/c1-10-6-2-3-7-11(10)12(14)13-8-4-5-9-13;1-2-6-13-9-5-3-4-8(7-9)10(11)12;;/h2-3,6-7H,4-5,8-9H2,1H3;3-5,7,13H,2,6H2,1H3,(H3,11,12);1H4;1H. The SMILES string of the molecule is C.CCCNc1cccc(C(=N)N)c1.Cc1ccccc1C(=O)N1CCCC1.[HH]. The highest BCUT2D eigenvalue weighted by Gasteiger charge is 2.20. The van der Waals surface area contributed by atoms with E-state index in [2.05, 4.69) is 12.2 Å². The third-order valence-corrected chi connectivity index (χ3v) is 4.52. The van der Waals surface area contributed by atoms with Crippen molar-refractivity contribution in [2.75, 3.05) is 25.0 Å². The number of benzene rings is 2. The van der Waals surface area contributed by atoms with Crippen molar-refractivity contribution >= 4 is 17.4 Å². The van der Waals surface area contributed by atoms with Crippen LogP contribution in [-0.4, -0.2) is 36.3 Å². The van der Waals surface area contributed by atoms with Gasteiger partial charge in [0.1, 0.15) is 5.84 Å². The highest BCUT2D eigenvalue weighted by molar-refractivity contribution is 5.96. The van der Waals surface area contributed by atoms with E-state index in [-0.39, 0.29) is 20.6 Å². The topological polar surface area (TPSA) is 82.2 Å². The molecule has 0 radical (unpaired) electrons. The molecular formula is C23H36N4O. The lowest BCUT2D eigenvalue weighted by molar-refractivity contribution is 0.0792. The molecular weight excluding hydrogens is 348 g/mol. The molecule has 4 N–H and O–H groups in total. The molecule has 0 saturated carbocycles. The molecule has 5 nitrogen and oxygen atoms in total. The van der Waals surface area contributed by atoms with Gasteiger partial charge in [-0.25, -0.2) is 0 Å². The molecule has 0 unspecified atom stereocenters. The third kappa shape index (κ3) is 6.72. The first-order valence-corrected chi connectivity index (χ1v) is 9.56. The summed E-state index contributed by atoms with van der Waals surface area (Å²) in [6.07, 6.45) is 3.39. The van der Waals surface area contributed by atoms with E-state index in [9.17, 15) is 4.79 Å². The molecule has 1 amide bonds. The van der Waals surface area contributed by atoms with E-state index >= 15 is 0 Å². The maximum Gasteiger partial charge on any atom is 0.254 e. The van der Waals surface area contributed by atoms with Crippen LogP contribution in [0, 0.1) is 12.3 Å². The van der Waals surface area contributed by atoms with Gasteiger partial charge in [-0.1, -0.05) is 44.7 Å². The number of likely N-dealkylation sites (tertiary alicyclic amines) is 1. The lowest BCUT2D eigenvalue weighted by Crippen LogP contribution is -2.28. The molecule has 1 fully saturated rings. The predicted octanol–water partition coefficient (Wildman–Crippen LogP) is 4.91. The Morgan fingerprint density at radius 2 is 1.86 bits per heavy atom. The number of amides is 1. The zero-order valence-electron chi connectivity index (χ0n) is 16.3. The fourth-order valence-corrected chi connectivity index (χ4v) is 2.97. The molecule has 154 valence electrons. The van der Waals surface area contributed by atoms with E-state index in [1.54, 1.807) is 0 Å². The number of nitrogen functional groups attached to an aromatic ring is 1. The molecule has 0 atom stereocenters. The van der Waals surface area contributed by atoms with E-state index in [4.69, 9.17) is 11.1 Å². The number of hydrogen-bond acceptors (Lipinski definition) is 3. The number of nitrogens with one attached hydrogen (secondary N) is 2. The van der Waals surface area contributed by atoms with E-state index in [1.165, 1.54) is 0 Å². The Kier molecular flexibility index (Phi) is 9.79. The molecule has 1 aliphatic rings. The molecule has 0 bridgehead atoms. The lowest BCUT2D eigenvalue weighted by atomic mass is 10.1. The second-order valence-electron chi connectivity index (χ2n) is 6.74. The molecule has 0 spiro atoms. The number of carbonyl (C=O) groups excluding carboxylic acids is 1. The first-order chi connectivity index (χ1) is 13.0. The van der Waals surface area contributed by atoms with Gasteiger partial charge in [-0.05, 0) is 49.9 Å². The van der Waals surface area contributed by atoms with Crippen molar-refractivity contribution in [3.63, 3.8) is 0 Å². The first kappa shape index (κ1) is 23.2. The highest BCUT2D eigenvalue weighted by atomic mass is 16.2. The van der Waals surface area contributed by atoms with E-state index in [1.807, 2.05) is 60.4 Å². The van der Waals surface area contributed by atoms with Crippen LogP contribution in [-0.2, 0) is 0 Å². The van der Waals surface area contributed by atoms with Gasteiger partial charge in [0.15, 0.2) is 0 Å². The van der Waals surface area contributed by atoms with Crippen LogP contribution in [0.5, 0.6) is 0 Å². The zero-order valence-corrected chi connectivity index (χ0v) is 16.3. The summed E-state index contributed by atoms with van der Waals surface area (Å²) < 4.78 is 0. The van der Waals surface area contributed by atoms with Gasteiger partial charge >= 0.3 is 0 Å². The average molecular weight is 385 g/mol. The minimum absolute atomic E-state index is 0. The summed E-state index contributed by atoms with van der Waals surface area (Å²) in [5.41, 5.74) is 9.08. The van der Waals surface area contributed by atoms with Gasteiger partial charge in [-0.2, -0.15) is 0 Å². The molecule has 0 aromatic heterocycles. The Morgan fingerprint density at radius 1 is 1.18 bits per heavy atom. The number of aryl methyl sites for hydroxylation is 1. The summed E-state index contributed by atoms with van der Waals surface area (Å²) in [6.45, 7) is 6.90. The van der Waals surface area contributed by atoms with Crippen LogP contribution in [0.2, 0.25) is 0 Å². The van der Waals surface area contributed by atoms with Crippen LogP contribution >= 0.6 is 0 Å². The van der Waals surface area contributed by atoms with Crippen molar-refractivity contribution < 1.29 is 6.22 Å². The van der Waals surface area contributed by atoms with Gasteiger partial charge in [0.2, 0.25) is 0 Å². The molecule has 0 aliphatic carbocycles. The molecule has 1 saturated heterocycles. The number of amidine groups is 1. The van der Waals surface area contributed by atoms with Gasteiger partial charge in [0.25, 0.3) is 5.91 Å². The maximum absolute atomic E-state index is 12.0. The monoisotopic (exact) mass is 384 g/mol. The number of nitrogens with two attached hydrogens (primary N) is 1. The van der Waals surface area contributed by atoms with Crippen LogP contribution in [0.1, 0.15) is 56.5 Å². The van der Waals surface area contributed by atoms with Crippen molar-refractivity contribution in [2.45, 2.75) is 40.5 Å². The van der Waals surface area contributed by atoms with E-state index < -0.39 is 0 Å². The van der Waals surface area contributed by atoms with Crippen LogP contribution in [0.3, 0.4) is 0 Å². The van der Waals surface area contributed by atoms with Crippen molar-refractivity contribution in [3.05, 3.63) is 65.2 Å². The summed E-state index contributed by atoms with van der Waals surface area (Å²) in [4.78, 5) is 13.9. The number of nitrogens with zero attached hydrogens (tertiary/aromatic N) is 1. The Hall–Kier alpha value is -2.82. The number of hydrogen-bond donors (Lipinski definition) is 3. The Labute approximate surface area is 170 Å². The first-order valence-electron chi connectivity index (χ1n) is 9.56. The summed E-state index contributed by atoms with van der Waals surface area (Å²) >= 11 is 0. The van der Waals surface area contributed by atoms with Gasteiger partial charge in [-0.3, -0.25) is 10.2 Å². The van der Waals surface area contributed by atoms with Gasteiger partial charge in [0, 0.05) is 37.9 Å². The summed E-state index contributed by atoms with van der Waals surface area (Å²) in [5, 5.41) is 10.5. The quantitative estimate of drug-likeness (QED) is 0.506. The Morgan fingerprint density at radius 3 is 2.46 bits per heavy atom. The van der Waals surface area contributed by atoms with Crippen molar-refractivity contribution in [1.29, 1.82) is 5.41 Å². The average Bonchev–Trinajstić information content (AvgIpc) is 3.22. The fourth-order valence-electron chi connectivity index (χ4n) is 2.97. The predicted molar refractivity (Wildman–Crippen MR) is 121 cm³/mol. The van der Waals surface area contributed by atoms with Crippen molar-refractivity contribution in [2.24, 2.45) is 5.73 Å². The van der Waals surface area contributed by atoms with Gasteiger partial charge in [-0.15, -0.1) is 0 Å².